The van der Waals surface area contributed by atoms with Crippen molar-refractivity contribution in [1.29, 1.82) is 0 Å². The molecule has 1 aliphatic rings. The van der Waals surface area contributed by atoms with E-state index in [2.05, 4.69) is 31.0 Å². The van der Waals surface area contributed by atoms with Gasteiger partial charge in [-0.05, 0) is 25.9 Å². The number of hydrogen-bond donors (Lipinski definition) is 1. The van der Waals surface area contributed by atoms with Crippen LogP contribution in [0.2, 0.25) is 0 Å². The van der Waals surface area contributed by atoms with Crippen LogP contribution in [0, 0.1) is 0 Å². The molecule has 0 radical (unpaired) electrons. The molecular weight excluding hydrogens is 260 g/mol. The Bertz CT molecular complexity index is 233. The van der Waals surface area contributed by atoms with Gasteiger partial charge in [0.25, 0.3) is 0 Å². The molecule has 21 heavy (non-hydrogen) atoms. The van der Waals surface area contributed by atoms with Gasteiger partial charge in [0.1, 0.15) is 0 Å². The van der Waals surface area contributed by atoms with Crippen molar-refractivity contribution in [2.75, 3.05) is 32.8 Å². The number of morpholine rings is 1. The number of unbranched alkanes of at least 4 members (excludes halogenated alkanes) is 5. The first kappa shape index (κ1) is 18.9. The second-order valence-corrected chi connectivity index (χ2v) is 6.43. The molecule has 0 amide bonds. The quantitative estimate of drug-likeness (QED) is 0.554. The average Bonchev–Trinajstić information content (AvgIpc) is 2.50. The van der Waals surface area contributed by atoms with E-state index in [1.54, 1.807) is 0 Å². The third-order valence-corrected chi connectivity index (χ3v) is 4.50. The predicted octanol–water partition coefficient (Wildman–Crippen LogP) is 3.83. The third-order valence-electron chi connectivity index (χ3n) is 4.50. The number of nitrogens with zero attached hydrogens (tertiary/aromatic N) is 1. The van der Waals surface area contributed by atoms with Crippen LogP contribution < -0.4 is 5.32 Å². The van der Waals surface area contributed by atoms with Gasteiger partial charge in [-0.2, -0.15) is 0 Å². The topological polar surface area (TPSA) is 24.5 Å². The van der Waals surface area contributed by atoms with E-state index in [1.165, 1.54) is 57.9 Å². The summed E-state index contributed by atoms with van der Waals surface area (Å²) in [6.07, 6.45) is 11.2. The number of ether oxygens (including phenoxy) is 1. The molecular formula is C18H38N2O. The molecule has 0 aromatic rings. The van der Waals surface area contributed by atoms with Gasteiger partial charge in [-0.1, -0.05) is 59.3 Å². The number of hydrogen-bond acceptors (Lipinski definition) is 3. The van der Waals surface area contributed by atoms with E-state index in [-0.39, 0.29) is 0 Å². The van der Waals surface area contributed by atoms with E-state index in [0.717, 1.165) is 26.2 Å². The summed E-state index contributed by atoms with van der Waals surface area (Å²) in [7, 11) is 0. The van der Waals surface area contributed by atoms with Gasteiger partial charge in [0.15, 0.2) is 0 Å². The Balaban J connectivity index is 2.27. The highest BCUT2D eigenvalue weighted by Gasteiger charge is 2.26. The summed E-state index contributed by atoms with van der Waals surface area (Å²) >= 11 is 0. The third kappa shape index (κ3) is 8.18. The molecule has 0 aromatic heterocycles. The summed E-state index contributed by atoms with van der Waals surface area (Å²) in [5.41, 5.74) is 0. The molecule has 3 heteroatoms. The Kier molecular flexibility index (Phi) is 11.2. The Labute approximate surface area is 132 Å². The van der Waals surface area contributed by atoms with Crippen LogP contribution in [0.3, 0.4) is 0 Å². The van der Waals surface area contributed by atoms with Gasteiger partial charge < -0.3 is 10.1 Å². The lowest BCUT2D eigenvalue weighted by molar-refractivity contribution is -0.0476. The van der Waals surface area contributed by atoms with Crippen molar-refractivity contribution in [3.05, 3.63) is 0 Å². The molecule has 2 unspecified atom stereocenters. The number of nitrogens with one attached hydrogen (secondary N) is 1. The monoisotopic (exact) mass is 298 g/mol. The van der Waals surface area contributed by atoms with Gasteiger partial charge in [0.05, 0.1) is 12.7 Å². The highest BCUT2D eigenvalue weighted by atomic mass is 16.5. The van der Waals surface area contributed by atoms with Crippen LogP contribution in [0.15, 0.2) is 0 Å². The van der Waals surface area contributed by atoms with Gasteiger partial charge >= 0.3 is 0 Å². The molecule has 1 saturated heterocycles. The lowest BCUT2D eigenvalue weighted by Crippen LogP contribution is -2.52. The van der Waals surface area contributed by atoms with Crippen LogP contribution in [-0.4, -0.2) is 49.8 Å². The zero-order chi connectivity index (χ0) is 15.3. The molecule has 1 N–H and O–H groups in total. The molecule has 1 aliphatic heterocycles. The van der Waals surface area contributed by atoms with Crippen molar-refractivity contribution >= 4 is 0 Å². The minimum atomic E-state index is 0.390. The SMILES string of the molecule is CCCCCCCCC(NCC)C1CN(CCC)CCO1. The van der Waals surface area contributed by atoms with E-state index in [4.69, 9.17) is 4.74 Å². The lowest BCUT2D eigenvalue weighted by Gasteiger charge is -2.37. The van der Waals surface area contributed by atoms with Crippen LogP contribution in [0.5, 0.6) is 0 Å². The van der Waals surface area contributed by atoms with Gasteiger partial charge in [0, 0.05) is 19.1 Å². The Morgan fingerprint density at radius 3 is 2.52 bits per heavy atom. The smallest absolute Gasteiger partial charge is 0.0855 e. The molecule has 1 heterocycles. The fourth-order valence-corrected chi connectivity index (χ4v) is 3.32. The summed E-state index contributed by atoms with van der Waals surface area (Å²) in [6.45, 7) is 12.2. The normalized spacial score (nSPS) is 21.6. The van der Waals surface area contributed by atoms with Gasteiger partial charge in [-0.25, -0.2) is 0 Å². The van der Waals surface area contributed by atoms with E-state index in [0.29, 0.717) is 12.1 Å². The number of likely N-dealkylation sites (N-methyl/N-ethyl adjacent to an activating group) is 1. The zero-order valence-corrected chi connectivity index (χ0v) is 14.7. The van der Waals surface area contributed by atoms with Gasteiger partial charge in [-0.3, -0.25) is 4.90 Å². The fraction of sp³-hybridized carbons (Fsp3) is 1.00. The summed E-state index contributed by atoms with van der Waals surface area (Å²) in [5.74, 6) is 0. The second-order valence-electron chi connectivity index (χ2n) is 6.43. The average molecular weight is 299 g/mol. The Morgan fingerprint density at radius 1 is 1.05 bits per heavy atom. The lowest BCUT2D eigenvalue weighted by atomic mass is 10.0. The largest absolute Gasteiger partial charge is 0.374 e. The van der Waals surface area contributed by atoms with Crippen LogP contribution in [0.1, 0.15) is 72.1 Å². The van der Waals surface area contributed by atoms with Crippen molar-refractivity contribution in [2.45, 2.75) is 84.3 Å². The van der Waals surface area contributed by atoms with Crippen molar-refractivity contribution in [3.8, 4) is 0 Å². The van der Waals surface area contributed by atoms with E-state index in [1.807, 2.05) is 0 Å². The van der Waals surface area contributed by atoms with Crippen LogP contribution in [0.4, 0.5) is 0 Å². The molecule has 126 valence electrons. The summed E-state index contributed by atoms with van der Waals surface area (Å²) in [4.78, 5) is 2.57. The number of rotatable bonds is 12. The first-order valence-electron chi connectivity index (χ1n) is 9.39. The van der Waals surface area contributed by atoms with Crippen LogP contribution in [0.25, 0.3) is 0 Å². The van der Waals surface area contributed by atoms with E-state index < -0.39 is 0 Å². The first-order valence-corrected chi connectivity index (χ1v) is 9.39. The minimum Gasteiger partial charge on any atom is -0.374 e. The standard InChI is InChI=1S/C18H38N2O/c1-4-7-8-9-10-11-12-17(19-6-3)18-16-20(13-5-2)14-15-21-18/h17-19H,4-16H2,1-3H3. The van der Waals surface area contributed by atoms with Crippen LogP contribution in [-0.2, 0) is 4.74 Å². The molecule has 0 saturated carbocycles. The van der Waals surface area contributed by atoms with Gasteiger partial charge in [0.2, 0.25) is 0 Å². The molecule has 1 fully saturated rings. The maximum atomic E-state index is 6.06. The molecule has 2 atom stereocenters. The van der Waals surface area contributed by atoms with Crippen LogP contribution >= 0.6 is 0 Å². The van der Waals surface area contributed by atoms with Gasteiger partial charge in [-0.15, -0.1) is 0 Å². The van der Waals surface area contributed by atoms with Crippen molar-refractivity contribution < 1.29 is 4.74 Å². The molecule has 0 spiro atoms. The highest BCUT2D eigenvalue weighted by Crippen LogP contribution is 2.16. The second kappa shape index (κ2) is 12.4. The first-order chi connectivity index (χ1) is 10.3. The van der Waals surface area contributed by atoms with E-state index >= 15 is 0 Å². The maximum Gasteiger partial charge on any atom is 0.0855 e. The van der Waals surface area contributed by atoms with Crippen molar-refractivity contribution in [2.24, 2.45) is 0 Å². The fourth-order valence-electron chi connectivity index (χ4n) is 3.32. The maximum absolute atomic E-state index is 6.06. The summed E-state index contributed by atoms with van der Waals surface area (Å²) < 4.78 is 6.06. The van der Waals surface area contributed by atoms with Crippen molar-refractivity contribution in [1.82, 2.24) is 10.2 Å². The predicted molar refractivity (Wildman–Crippen MR) is 91.9 cm³/mol. The molecule has 0 aliphatic carbocycles. The minimum absolute atomic E-state index is 0.390. The molecule has 0 bridgehead atoms. The Morgan fingerprint density at radius 2 is 1.81 bits per heavy atom. The molecule has 0 aromatic carbocycles. The highest BCUT2D eigenvalue weighted by molar-refractivity contribution is 4.82. The summed E-state index contributed by atoms with van der Waals surface area (Å²) in [6, 6.07) is 0.542. The summed E-state index contributed by atoms with van der Waals surface area (Å²) in [5, 5.41) is 3.67. The van der Waals surface area contributed by atoms with E-state index in [9.17, 15) is 0 Å². The Hall–Kier alpha value is -0.120. The molecule has 1 rings (SSSR count). The van der Waals surface area contributed by atoms with Crippen molar-refractivity contribution in [3.63, 3.8) is 0 Å². The molecule has 3 nitrogen and oxygen atoms in total. The zero-order valence-electron chi connectivity index (χ0n) is 14.7.